The van der Waals surface area contributed by atoms with Crippen LogP contribution < -0.4 is 21.5 Å². The molecule has 1 saturated heterocycles. The number of rotatable bonds is 4. The molecule has 2 aliphatic rings. The van der Waals surface area contributed by atoms with Crippen molar-refractivity contribution in [1.82, 2.24) is 19.4 Å². The third-order valence-electron chi connectivity index (χ3n) is 5.52. The lowest BCUT2D eigenvalue weighted by molar-refractivity contribution is -0.122. The maximum atomic E-state index is 12.7. The molecule has 146 valence electrons. The van der Waals surface area contributed by atoms with Gasteiger partial charge in [0.2, 0.25) is 5.91 Å². The van der Waals surface area contributed by atoms with Crippen LogP contribution in [-0.2, 0) is 18.4 Å². The number of aromatic nitrogens is 3. The normalized spacial score (nSPS) is 18.3. The summed E-state index contributed by atoms with van der Waals surface area (Å²) in [5.41, 5.74) is -0.514. The number of carbonyl (C=O) groups excluding carboxylic acids is 1. The summed E-state index contributed by atoms with van der Waals surface area (Å²) in [6, 6.07) is 0.181. The molecule has 2 fully saturated rings. The second kappa shape index (κ2) is 7.46. The molecule has 0 aromatic carbocycles. The zero-order valence-electron chi connectivity index (χ0n) is 15.6. The highest BCUT2D eigenvalue weighted by Gasteiger charge is 2.23. The first-order chi connectivity index (χ1) is 13.0. The Hall–Kier alpha value is -2.16. The molecule has 0 radical (unpaired) electrons. The molecule has 1 amide bonds. The Bertz CT molecular complexity index is 964. The van der Waals surface area contributed by atoms with Crippen molar-refractivity contribution >= 4 is 32.7 Å². The molecular weight excluding hydrogens is 366 g/mol. The maximum Gasteiger partial charge on any atom is 0.332 e. The fourth-order valence-corrected chi connectivity index (χ4v) is 5.08. The van der Waals surface area contributed by atoms with Crippen LogP contribution in [0.5, 0.6) is 0 Å². The average molecular weight is 391 g/mol. The van der Waals surface area contributed by atoms with Gasteiger partial charge in [0, 0.05) is 26.2 Å². The quantitative estimate of drug-likeness (QED) is 0.846. The van der Waals surface area contributed by atoms with Gasteiger partial charge in [0.25, 0.3) is 5.56 Å². The third kappa shape index (κ3) is 3.52. The van der Waals surface area contributed by atoms with Gasteiger partial charge in [0.1, 0.15) is 11.2 Å². The number of hydrogen-bond donors (Lipinski definition) is 1. The van der Waals surface area contributed by atoms with Gasteiger partial charge < -0.3 is 10.2 Å². The van der Waals surface area contributed by atoms with Crippen molar-refractivity contribution in [2.24, 2.45) is 7.05 Å². The predicted molar refractivity (Wildman–Crippen MR) is 106 cm³/mol. The number of carbonyl (C=O) groups is 1. The number of nitrogens with one attached hydrogen (secondary N) is 1. The summed E-state index contributed by atoms with van der Waals surface area (Å²) in [5.74, 6) is -0.195. The van der Waals surface area contributed by atoms with Crippen LogP contribution in [0.3, 0.4) is 0 Å². The van der Waals surface area contributed by atoms with Crippen molar-refractivity contribution in [2.75, 3.05) is 18.0 Å². The molecule has 0 bridgehead atoms. The van der Waals surface area contributed by atoms with E-state index in [4.69, 9.17) is 0 Å². The SMILES string of the molecule is Cn1c(=O)c2sc(N3CCCC3)nc2n(CC(=O)NC2CCCCC2)c1=O. The van der Waals surface area contributed by atoms with Crippen molar-refractivity contribution in [2.45, 2.75) is 57.5 Å². The number of amides is 1. The topological polar surface area (TPSA) is 89.2 Å². The fourth-order valence-electron chi connectivity index (χ4n) is 3.98. The van der Waals surface area contributed by atoms with E-state index in [1.165, 1.54) is 29.4 Å². The maximum absolute atomic E-state index is 12.7. The van der Waals surface area contributed by atoms with Gasteiger partial charge in [-0.3, -0.25) is 18.7 Å². The van der Waals surface area contributed by atoms with Gasteiger partial charge in [0.15, 0.2) is 10.8 Å². The van der Waals surface area contributed by atoms with Crippen molar-refractivity contribution < 1.29 is 4.79 Å². The number of thiazole rings is 1. The molecule has 4 rings (SSSR count). The van der Waals surface area contributed by atoms with E-state index in [2.05, 4.69) is 15.2 Å². The van der Waals surface area contributed by atoms with E-state index in [0.29, 0.717) is 10.3 Å². The molecular formula is C18H25N5O3S. The van der Waals surface area contributed by atoms with Crippen LogP contribution in [-0.4, -0.2) is 39.2 Å². The molecule has 1 N–H and O–H groups in total. The van der Waals surface area contributed by atoms with Crippen LogP contribution in [0.4, 0.5) is 5.13 Å². The van der Waals surface area contributed by atoms with E-state index in [-0.39, 0.29) is 24.1 Å². The van der Waals surface area contributed by atoms with Gasteiger partial charge in [0.05, 0.1) is 0 Å². The Kier molecular flexibility index (Phi) is 5.03. The highest BCUT2D eigenvalue weighted by atomic mass is 32.1. The fraction of sp³-hybridized carbons (Fsp3) is 0.667. The molecule has 8 nitrogen and oxygen atoms in total. The van der Waals surface area contributed by atoms with E-state index in [1.807, 2.05) is 0 Å². The van der Waals surface area contributed by atoms with Crippen LogP contribution >= 0.6 is 11.3 Å². The van der Waals surface area contributed by atoms with Crippen LogP contribution in [0.1, 0.15) is 44.9 Å². The summed E-state index contributed by atoms with van der Waals surface area (Å²) < 4.78 is 2.84. The molecule has 1 saturated carbocycles. The minimum Gasteiger partial charge on any atom is -0.352 e. The van der Waals surface area contributed by atoms with Gasteiger partial charge >= 0.3 is 5.69 Å². The van der Waals surface area contributed by atoms with Gasteiger partial charge in [-0.05, 0) is 25.7 Å². The van der Waals surface area contributed by atoms with E-state index in [1.54, 1.807) is 0 Å². The summed E-state index contributed by atoms with van der Waals surface area (Å²) in [6.07, 6.45) is 7.64. The van der Waals surface area contributed by atoms with Gasteiger partial charge in [-0.25, -0.2) is 9.78 Å². The molecule has 0 spiro atoms. The zero-order chi connectivity index (χ0) is 19.0. The predicted octanol–water partition coefficient (Wildman–Crippen LogP) is 1.21. The highest BCUT2D eigenvalue weighted by Crippen LogP contribution is 2.28. The van der Waals surface area contributed by atoms with E-state index in [0.717, 1.165) is 61.3 Å². The largest absolute Gasteiger partial charge is 0.352 e. The monoisotopic (exact) mass is 391 g/mol. The van der Waals surface area contributed by atoms with Gasteiger partial charge in [-0.2, -0.15) is 0 Å². The first-order valence-electron chi connectivity index (χ1n) is 9.69. The Balaban J connectivity index is 1.67. The Morgan fingerprint density at radius 2 is 1.85 bits per heavy atom. The Labute approximate surface area is 160 Å². The molecule has 27 heavy (non-hydrogen) atoms. The molecule has 2 aromatic rings. The minimum atomic E-state index is -0.496. The Morgan fingerprint density at radius 1 is 1.15 bits per heavy atom. The Morgan fingerprint density at radius 3 is 2.56 bits per heavy atom. The van der Waals surface area contributed by atoms with Crippen LogP contribution in [0.25, 0.3) is 10.3 Å². The third-order valence-corrected chi connectivity index (χ3v) is 6.61. The molecule has 9 heteroatoms. The van der Waals surface area contributed by atoms with Crippen LogP contribution in [0.2, 0.25) is 0 Å². The van der Waals surface area contributed by atoms with E-state index < -0.39 is 5.69 Å². The molecule has 0 atom stereocenters. The molecule has 1 aliphatic heterocycles. The lowest BCUT2D eigenvalue weighted by Crippen LogP contribution is -2.43. The number of anilines is 1. The van der Waals surface area contributed by atoms with Gasteiger partial charge in [-0.1, -0.05) is 30.6 Å². The number of hydrogen-bond acceptors (Lipinski definition) is 6. The smallest absolute Gasteiger partial charge is 0.332 e. The van der Waals surface area contributed by atoms with Crippen molar-refractivity contribution in [1.29, 1.82) is 0 Å². The number of nitrogens with zero attached hydrogens (tertiary/aromatic N) is 4. The van der Waals surface area contributed by atoms with E-state index in [9.17, 15) is 14.4 Å². The summed E-state index contributed by atoms with van der Waals surface area (Å²) in [5, 5.41) is 3.79. The highest BCUT2D eigenvalue weighted by molar-refractivity contribution is 7.22. The molecule has 0 unspecified atom stereocenters. The molecule has 2 aromatic heterocycles. The van der Waals surface area contributed by atoms with Crippen LogP contribution in [0, 0.1) is 0 Å². The first kappa shape index (κ1) is 18.2. The number of fused-ring (bicyclic) bond motifs is 1. The van der Waals surface area contributed by atoms with Crippen LogP contribution in [0.15, 0.2) is 9.59 Å². The summed E-state index contributed by atoms with van der Waals surface area (Å²) in [6.45, 7) is 1.71. The van der Waals surface area contributed by atoms with Crippen molar-refractivity contribution in [3.05, 3.63) is 20.8 Å². The summed E-state index contributed by atoms with van der Waals surface area (Å²) in [4.78, 5) is 44.4. The molecule has 3 heterocycles. The van der Waals surface area contributed by atoms with Crippen molar-refractivity contribution in [3.63, 3.8) is 0 Å². The summed E-state index contributed by atoms with van der Waals surface area (Å²) >= 11 is 1.31. The lowest BCUT2D eigenvalue weighted by atomic mass is 9.95. The summed E-state index contributed by atoms with van der Waals surface area (Å²) in [7, 11) is 1.45. The van der Waals surface area contributed by atoms with Crippen molar-refractivity contribution in [3.8, 4) is 0 Å². The zero-order valence-corrected chi connectivity index (χ0v) is 16.4. The second-order valence-corrected chi connectivity index (χ2v) is 8.46. The minimum absolute atomic E-state index is 0.108. The van der Waals surface area contributed by atoms with E-state index >= 15 is 0 Å². The molecule has 1 aliphatic carbocycles. The standard InChI is InChI=1S/C18H25N5O3S/c1-21-16(25)14-15(20-17(27-14)22-9-5-6-10-22)23(18(21)26)11-13(24)19-12-7-3-2-4-8-12/h12H,2-11H2,1H3,(H,19,24). The first-order valence-corrected chi connectivity index (χ1v) is 10.5. The van der Waals surface area contributed by atoms with Gasteiger partial charge in [-0.15, -0.1) is 0 Å². The second-order valence-electron chi connectivity index (χ2n) is 7.48. The average Bonchev–Trinajstić information content (AvgIpc) is 3.34. The lowest BCUT2D eigenvalue weighted by Gasteiger charge is -2.23.